The fraction of sp³-hybridized carbons (Fsp3) is 0.125. The Hall–Kier alpha value is -2.86. The molecular weight excluding hydrogens is 284 g/mol. The van der Waals surface area contributed by atoms with Crippen LogP contribution in [0.1, 0.15) is 17.0 Å². The molecule has 3 rings (SSSR count). The van der Waals surface area contributed by atoms with Gasteiger partial charge in [0.05, 0.1) is 0 Å². The first-order valence-corrected chi connectivity index (χ1v) is 6.74. The molecule has 0 spiro atoms. The van der Waals surface area contributed by atoms with Crippen LogP contribution in [0.5, 0.6) is 0 Å². The van der Waals surface area contributed by atoms with Gasteiger partial charge in [0.1, 0.15) is 6.61 Å². The Morgan fingerprint density at radius 2 is 1.55 bits per heavy atom. The molecule has 0 unspecified atom stereocenters. The van der Waals surface area contributed by atoms with Crippen LogP contribution >= 0.6 is 0 Å². The van der Waals surface area contributed by atoms with Gasteiger partial charge in [0, 0.05) is 5.92 Å². The van der Waals surface area contributed by atoms with E-state index in [2.05, 4.69) is 4.74 Å². The highest BCUT2D eigenvalue weighted by molar-refractivity contribution is 5.81. The van der Waals surface area contributed by atoms with E-state index in [-0.39, 0.29) is 12.5 Å². The van der Waals surface area contributed by atoms with Crippen molar-refractivity contribution in [1.29, 1.82) is 0 Å². The number of carbonyl (C=O) groups is 2. The third-order valence-electron chi connectivity index (χ3n) is 3.62. The highest BCUT2D eigenvalue weighted by Crippen LogP contribution is 2.44. The van der Waals surface area contributed by atoms with E-state index in [4.69, 9.17) is 10.6 Å². The second-order valence-electron chi connectivity index (χ2n) is 4.82. The average molecular weight is 298 g/mol. The molecule has 0 aromatic heterocycles. The van der Waals surface area contributed by atoms with E-state index in [1.165, 1.54) is 0 Å². The first kappa shape index (κ1) is 14.1. The van der Waals surface area contributed by atoms with Crippen LogP contribution in [0.3, 0.4) is 0 Å². The van der Waals surface area contributed by atoms with Crippen molar-refractivity contribution in [1.82, 2.24) is 5.43 Å². The third kappa shape index (κ3) is 2.51. The lowest BCUT2D eigenvalue weighted by atomic mass is 9.98. The van der Waals surface area contributed by atoms with Gasteiger partial charge in [-0.05, 0) is 22.3 Å². The summed E-state index contributed by atoms with van der Waals surface area (Å²) in [6.07, 6.45) is -2.14. The Bertz CT molecular complexity index is 684. The zero-order chi connectivity index (χ0) is 15.5. The Kier molecular flexibility index (Phi) is 3.76. The Morgan fingerprint density at radius 1 is 1.00 bits per heavy atom. The molecule has 6 nitrogen and oxygen atoms in total. The van der Waals surface area contributed by atoms with Gasteiger partial charge in [-0.1, -0.05) is 48.5 Å². The molecule has 1 aliphatic rings. The summed E-state index contributed by atoms with van der Waals surface area (Å²) < 4.78 is 9.33. The van der Waals surface area contributed by atoms with Gasteiger partial charge in [0.2, 0.25) is 0 Å². The number of ether oxygens (including phenoxy) is 2. The third-order valence-corrected chi connectivity index (χ3v) is 3.62. The summed E-state index contributed by atoms with van der Waals surface area (Å²) >= 11 is 0. The van der Waals surface area contributed by atoms with Crippen molar-refractivity contribution in [3.63, 3.8) is 0 Å². The minimum absolute atomic E-state index is 0.0825. The Balaban J connectivity index is 1.79. The molecule has 6 heteroatoms. The summed E-state index contributed by atoms with van der Waals surface area (Å²) in [4.78, 5) is 22.3. The van der Waals surface area contributed by atoms with Gasteiger partial charge in [-0.3, -0.25) is 5.43 Å². The van der Waals surface area contributed by atoms with E-state index in [1.807, 2.05) is 48.5 Å². The molecule has 2 aromatic rings. The van der Waals surface area contributed by atoms with E-state index in [1.54, 1.807) is 5.43 Å². The maximum atomic E-state index is 11.4. The molecule has 0 aliphatic heterocycles. The number of carbonyl (C=O) groups excluding carboxylic acids is 2. The number of hydrogen-bond acceptors (Lipinski definition) is 5. The lowest BCUT2D eigenvalue weighted by Gasteiger charge is -2.13. The van der Waals surface area contributed by atoms with Crippen molar-refractivity contribution in [3.05, 3.63) is 59.7 Å². The van der Waals surface area contributed by atoms with E-state index in [9.17, 15) is 9.59 Å². The van der Waals surface area contributed by atoms with Crippen molar-refractivity contribution in [2.24, 2.45) is 5.84 Å². The summed E-state index contributed by atoms with van der Waals surface area (Å²) in [7, 11) is 0. The molecule has 0 radical (unpaired) electrons. The lowest BCUT2D eigenvalue weighted by Crippen LogP contribution is -2.32. The van der Waals surface area contributed by atoms with Crippen molar-refractivity contribution in [2.75, 3.05) is 6.61 Å². The van der Waals surface area contributed by atoms with E-state index in [0.29, 0.717) is 0 Å². The second-order valence-corrected chi connectivity index (χ2v) is 4.82. The summed E-state index contributed by atoms with van der Waals surface area (Å²) in [6, 6.07) is 15.9. The topological polar surface area (TPSA) is 90.6 Å². The van der Waals surface area contributed by atoms with Gasteiger partial charge in [0.25, 0.3) is 0 Å². The number of nitrogens with one attached hydrogen (secondary N) is 1. The number of amides is 1. The Morgan fingerprint density at radius 3 is 2.09 bits per heavy atom. The number of benzene rings is 2. The average Bonchev–Trinajstić information content (AvgIpc) is 2.87. The molecule has 112 valence electrons. The van der Waals surface area contributed by atoms with Crippen molar-refractivity contribution >= 4 is 12.2 Å². The van der Waals surface area contributed by atoms with Crippen LogP contribution in [0.4, 0.5) is 9.59 Å². The highest BCUT2D eigenvalue weighted by Gasteiger charge is 2.29. The number of hydrogen-bond donors (Lipinski definition) is 2. The van der Waals surface area contributed by atoms with Crippen molar-refractivity contribution < 1.29 is 19.1 Å². The molecule has 1 aliphatic carbocycles. The van der Waals surface area contributed by atoms with Crippen LogP contribution in [-0.2, 0) is 9.47 Å². The van der Waals surface area contributed by atoms with E-state index >= 15 is 0 Å². The highest BCUT2D eigenvalue weighted by atomic mass is 16.7. The maximum Gasteiger partial charge on any atom is 0.517 e. The van der Waals surface area contributed by atoms with Gasteiger partial charge >= 0.3 is 12.2 Å². The SMILES string of the molecule is NNC(=O)OC(=O)OCC1c2ccccc2-c2ccccc21. The van der Waals surface area contributed by atoms with E-state index < -0.39 is 12.2 Å². The summed E-state index contributed by atoms with van der Waals surface area (Å²) in [5, 5.41) is 0. The smallest absolute Gasteiger partial charge is 0.433 e. The molecule has 22 heavy (non-hydrogen) atoms. The first-order valence-electron chi connectivity index (χ1n) is 6.74. The molecule has 0 heterocycles. The fourth-order valence-electron chi connectivity index (χ4n) is 2.73. The zero-order valence-corrected chi connectivity index (χ0v) is 11.6. The van der Waals surface area contributed by atoms with Gasteiger partial charge in [0.15, 0.2) is 0 Å². The quantitative estimate of drug-likeness (QED) is 0.292. The van der Waals surface area contributed by atoms with E-state index in [0.717, 1.165) is 22.3 Å². The summed E-state index contributed by atoms with van der Waals surface area (Å²) in [5.41, 5.74) is 6.11. The van der Waals surface area contributed by atoms with Gasteiger partial charge in [-0.15, -0.1) is 0 Å². The number of fused-ring (bicyclic) bond motifs is 3. The number of hydrazine groups is 1. The molecule has 0 fully saturated rings. The van der Waals surface area contributed by atoms with Crippen LogP contribution in [-0.4, -0.2) is 18.9 Å². The molecule has 0 atom stereocenters. The minimum atomic E-state index is -1.08. The second kappa shape index (κ2) is 5.87. The van der Waals surface area contributed by atoms with Crippen molar-refractivity contribution in [2.45, 2.75) is 5.92 Å². The summed E-state index contributed by atoms with van der Waals surface area (Å²) in [5.74, 6) is 4.75. The monoisotopic (exact) mass is 298 g/mol. The minimum Gasteiger partial charge on any atom is -0.433 e. The largest absolute Gasteiger partial charge is 0.517 e. The predicted molar refractivity (Wildman–Crippen MR) is 78.9 cm³/mol. The van der Waals surface area contributed by atoms with Crippen LogP contribution < -0.4 is 11.3 Å². The van der Waals surface area contributed by atoms with Gasteiger partial charge < -0.3 is 9.47 Å². The number of nitrogens with two attached hydrogens (primary N) is 1. The zero-order valence-electron chi connectivity index (χ0n) is 11.6. The predicted octanol–water partition coefficient (Wildman–Crippen LogP) is 2.54. The normalized spacial score (nSPS) is 12.2. The molecular formula is C16H14N2O4. The van der Waals surface area contributed by atoms with Crippen molar-refractivity contribution in [3.8, 4) is 11.1 Å². The summed E-state index contributed by atoms with van der Waals surface area (Å²) in [6.45, 7) is 0.0880. The molecule has 1 amide bonds. The van der Waals surface area contributed by atoms with Gasteiger partial charge in [-0.2, -0.15) is 0 Å². The standard InChI is InChI=1S/C16H14N2O4/c17-18-15(19)22-16(20)21-9-14-12-7-3-1-5-10(12)11-6-2-4-8-13(11)14/h1-8,14H,9,17H2,(H,18,19). The van der Waals surface area contributed by atoms with Crippen LogP contribution in [0.15, 0.2) is 48.5 Å². The molecule has 2 aromatic carbocycles. The van der Waals surface area contributed by atoms with Crippen LogP contribution in [0.2, 0.25) is 0 Å². The lowest BCUT2D eigenvalue weighted by molar-refractivity contribution is 0.0731. The van der Waals surface area contributed by atoms with Crippen LogP contribution in [0, 0.1) is 0 Å². The fourth-order valence-corrected chi connectivity index (χ4v) is 2.73. The molecule has 3 N–H and O–H groups in total. The van der Waals surface area contributed by atoms with Crippen LogP contribution in [0.25, 0.3) is 11.1 Å². The maximum absolute atomic E-state index is 11.4. The Labute approximate surface area is 126 Å². The molecule has 0 saturated carbocycles. The first-order chi connectivity index (χ1) is 10.7. The molecule has 0 saturated heterocycles. The van der Waals surface area contributed by atoms with Gasteiger partial charge in [-0.25, -0.2) is 15.4 Å². The molecule has 0 bridgehead atoms. The number of rotatable bonds is 2.